The summed E-state index contributed by atoms with van der Waals surface area (Å²) in [7, 11) is 0. The van der Waals surface area contributed by atoms with Crippen LogP contribution < -0.4 is 0 Å². The van der Waals surface area contributed by atoms with E-state index in [1.807, 2.05) is 41.6 Å². The molecule has 5 rings (SSSR count). The number of pyridine rings is 1. The Bertz CT molecular complexity index is 1270. The summed E-state index contributed by atoms with van der Waals surface area (Å²) in [6.07, 6.45) is 3.89. The maximum absolute atomic E-state index is 12.9. The monoisotopic (exact) mass is 411 g/mol. The number of aryl methyl sites for hydroxylation is 2. The summed E-state index contributed by atoms with van der Waals surface area (Å²) in [6.45, 7) is 6.71. The molecule has 0 radical (unpaired) electrons. The van der Waals surface area contributed by atoms with Crippen molar-refractivity contribution in [1.29, 1.82) is 0 Å². The topological polar surface area (TPSA) is 58.2 Å². The fraction of sp³-hybridized carbons (Fsp3) is 0.231. The molecule has 1 aliphatic rings. The van der Waals surface area contributed by atoms with Gasteiger partial charge in [0.25, 0.3) is 5.91 Å². The number of morpholine rings is 1. The van der Waals surface area contributed by atoms with E-state index in [0.717, 1.165) is 27.7 Å². The zero-order valence-corrected chi connectivity index (χ0v) is 17.8. The van der Waals surface area contributed by atoms with Crippen LogP contribution in [0.25, 0.3) is 33.3 Å². The number of nitrogens with zero attached hydrogens (tertiary/aromatic N) is 2. The van der Waals surface area contributed by atoms with Crippen molar-refractivity contribution >= 4 is 16.9 Å². The molecule has 0 atom stereocenters. The van der Waals surface area contributed by atoms with Gasteiger partial charge in [-0.1, -0.05) is 35.9 Å². The summed E-state index contributed by atoms with van der Waals surface area (Å²) in [6, 6.07) is 16.5. The number of rotatable bonds is 3. The molecule has 3 heterocycles. The number of amides is 1. The van der Waals surface area contributed by atoms with Gasteiger partial charge in [0.05, 0.1) is 13.2 Å². The average Bonchev–Trinajstić information content (AvgIpc) is 3.24. The molecule has 0 unspecified atom stereocenters. The van der Waals surface area contributed by atoms with Crippen molar-refractivity contribution in [2.75, 3.05) is 26.3 Å². The maximum Gasteiger partial charge on any atom is 0.254 e. The van der Waals surface area contributed by atoms with Gasteiger partial charge in [-0.2, -0.15) is 0 Å². The van der Waals surface area contributed by atoms with Crippen LogP contribution in [0, 0.1) is 13.8 Å². The van der Waals surface area contributed by atoms with E-state index in [0.29, 0.717) is 31.9 Å². The van der Waals surface area contributed by atoms with Crippen molar-refractivity contribution in [1.82, 2.24) is 14.9 Å². The minimum Gasteiger partial charge on any atom is -0.378 e. The molecule has 0 bridgehead atoms. The molecule has 0 spiro atoms. The van der Waals surface area contributed by atoms with E-state index in [-0.39, 0.29) is 5.91 Å². The van der Waals surface area contributed by atoms with Crippen LogP contribution in [-0.2, 0) is 4.74 Å². The Morgan fingerprint density at radius 3 is 2.68 bits per heavy atom. The summed E-state index contributed by atoms with van der Waals surface area (Å²) in [5.74, 6) is 0.0527. The Morgan fingerprint density at radius 1 is 1.00 bits per heavy atom. The molecule has 5 heteroatoms. The molecule has 0 aliphatic carbocycles. The van der Waals surface area contributed by atoms with E-state index in [2.05, 4.69) is 48.1 Å². The third-order valence-corrected chi connectivity index (χ3v) is 5.96. The number of ether oxygens (including phenoxy) is 1. The van der Waals surface area contributed by atoms with Crippen LogP contribution >= 0.6 is 0 Å². The second-order valence-electron chi connectivity index (χ2n) is 8.13. The highest BCUT2D eigenvalue weighted by atomic mass is 16.5. The summed E-state index contributed by atoms with van der Waals surface area (Å²) < 4.78 is 5.37. The highest BCUT2D eigenvalue weighted by Crippen LogP contribution is 2.33. The van der Waals surface area contributed by atoms with Gasteiger partial charge in [-0.3, -0.25) is 4.79 Å². The first-order valence-electron chi connectivity index (χ1n) is 10.6. The zero-order chi connectivity index (χ0) is 21.4. The summed E-state index contributed by atoms with van der Waals surface area (Å²) in [5.41, 5.74) is 8.36. The molecule has 2 aromatic heterocycles. The minimum absolute atomic E-state index is 0.0527. The van der Waals surface area contributed by atoms with Gasteiger partial charge in [-0.25, -0.2) is 4.98 Å². The van der Waals surface area contributed by atoms with Crippen LogP contribution in [0.3, 0.4) is 0 Å². The lowest BCUT2D eigenvalue weighted by Crippen LogP contribution is -2.40. The van der Waals surface area contributed by atoms with Gasteiger partial charge in [0.15, 0.2) is 0 Å². The second kappa shape index (κ2) is 8.00. The highest BCUT2D eigenvalue weighted by molar-refractivity contribution is 5.98. The highest BCUT2D eigenvalue weighted by Gasteiger charge is 2.19. The predicted octanol–water partition coefficient (Wildman–Crippen LogP) is 4.99. The number of H-pyrrole nitrogens is 1. The van der Waals surface area contributed by atoms with Crippen LogP contribution in [0.5, 0.6) is 0 Å². The van der Waals surface area contributed by atoms with Gasteiger partial charge in [-0.05, 0) is 48.7 Å². The van der Waals surface area contributed by atoms with E-state index < -0.39 is 0 Å². The van der Waals surface area contributed by atoms with Gasteiger partial charge in [0.1, 0.15) is 5.65 Å². The van der Waals surface area contributed by atoms with Crippen LogP contribution in [0.2, 0.25) is 0 Å². The van der Waals surface area contributed by atoms with Crippen molar-refractivity contribution in [3.63, 3.8) is 0 Å². The van der Waals surface area contributed by atoms with E-state index >= 15 is 0 Å². The Morgan fingerprint density at radius 2 is 1.84 bits per heavy atom. The Hall–Kier alpha value is -3.44. The molecule has 4 aromatic rings. The fourth-order valence-electron chi connectivity index (χ4n) is 4.19. The van der Waals surface area contributed by atoms with Crippen molar-refractivity contribution in [2.24, 2.45) is 0 Å². The molecule has 5 nitrogen and oxygen atoms in total. The summed E-state index contributed by atoms with van der Waals surface area (Å²) >= 11 is 0. The standard InChI is InChI=1S/C26H25N3O2/c1-17-6-7-18(2)22(12-17)24-16-28-25-23(24)14-21(15-27-25)19-4-3-5-20(13-19)26(30)29-8-10-31-11-9-29/h3-7,12-16H,8-11H2,1-2H3,(H,27,28). The van der Waals surface area contributed by atoms with Crippen molar-refractivity contribution < 1.29 is 9.53 Å². The van der Waals surface area contributed by atoms with Crippen molar-refractivity contribution in [3.05, 3.63) is 77.6 Å². The number of aromatic amines is 1. The molecule has 2 aromatic carbocycles. The molecule has 1 aliphatic heterocycles. The number of hydrogen-bond donors (Lipinski definition) is 1. The summed E-state index contributed by atoms with van der Waals surface area (Å²) in [4.78, 5) is 22.7. The lowest BCUT2D eigenvalue weighted by atomic mass is 9.97. The van der Waals surface area contributed by atoms with E-state index in [9.17, 15) is 4.79 Å². The largest absolute Gasteiger partial charge is 0.378 e. The first-order valence-corrected chi connectivity index (χ1v) is 10.6. The Kier molecular flexibility index (Phi) is 5.04. The molecule has 1 fully saturated rings. The van der Waals surface area contributed by atoms with Crippen molar-refractivity contribution in [2.45, 2.75) is 13.8 Å². The van der Waals surface area contributed by atoms with Crippen molar-refractivity contribution in [3.8, 4) is 22.3 Å². The number of benzene rings is 2. The average molecular weight is 412 g/mol. The fourth-order valence-corrected chi connectivity index (χ4v) is 4.19. The number of carbonyl (C=O) groups is 1. The summed E-state index contributed by atoms with van der Waals surface area (Å²) in [5, 5.41) is 1.08. The van der Waals surface area contributed by atoms with Crippen LogP contribution in [0.15, 0.2) is 60.9 Å². The first kappa shape index (κ1) is 19.5. The number of carbonyl (C=O) groups excluding carboxylic acids is 1. The van der Waals surface area contributed by atoms with Crippen LogP contribution in [-0.4, -0.2) is 47.1 Å². The molecular weight excluding hydrogens is 386 g/mol. The van der Waals surface area contributed by atoms with Gasteiger partial charge in [0.2, 0.25) is 0 Å². The van der Waals surface area contributed by atoms with E-state index in [4.69, 9.17) is 4.74 Å². The van der Waals surface area contributed by atoms with Crippen LogP contribution in [0.4, 0.5) is 0 Å². The van der Waals surface area contributed by atoms with Gasteiger partial charge >= 0.3 is 0 Å². The van der Waals surface area contributed by atoms with Crippen LogP contribution in [0.1, 0.15) is 21.5 Å². The lowest BCUT2D eigenvalue weighted by Gasteiger charge is -2.27. The molecular formula is C26H25N3O2. The van der Waals surface area contributed by atoms with E-state index in [1.165, 1.54) is 16.7 Å². The molecule has 1 saturated heterocycles. The maximum atomic E-state index is 12.9. The lowest BCUT2D eigenvalue weighted by molar-refractivity contribution is 0.0303. The molecule has 31 heavy (non-hydrogen) atoms. The molecule has 156 valence electrons. The predicted molar refractivity (Wildman–Crippen MR) is 123 cm³/mol. The number of nitrogens with one attached hydrogen (secondary N) is 1. The minimum atomic E-state index is 0.0527. The number of hydrogen-bond acceptors (Lipinski definition) is 3. The normalized spacial score (nSPS) is 14.2. The van der Waals surface area contributed by atoms with Gasteiger partial charge in [0, 0.05) is 47.6 Å². The third-order valence-electron chi connectivity index (χ3n) is 5.96. The third kappa shape index (κ3) is 3.73. The Labute approximate surface area is 181 Å². The van der Waals surface area contributed by atoms with E-state index in [1.54, 1.807) is 0 Å². The SMILES string of the molecule is Cc1ccc(C)c(-c2c[nH]c3ncc(-c4cccc(C(=O)N5CCOCC5)c4)cc23)c1. The number of fused-ring (bicyclic) bond motifs is 1. The quantitative estimate of drug-likeness (QED) is 0.517. The first-order chi connectivity index (χ1) is 15.1. The second-order valence-corrected chi connectivity index (χ2v) is 8.13. The van der Waals surface area contributed by atoms with Gasteiger partial charge < -0.3 is 14.6 Å². The smallest absolute Gasteiger partial charge is 0.254 e. The molecule has 1 amide bonds. The Balaban J connectivity index is 1.54. The molecule has 1 N–H and O–H groups in total. The number of aromatic nitrogens is 2. The zero-order valence-electron chi connectivity index (χ0n) is 17.8. The van der Waals surface area contributed by atoms with Gasteiger partial charge in [-0.15, -0.1) is 0 Å². The molecule has 0 saturated carbocycles.